The van der Waals surface area contributed by atoms with Gasteiger partial charge >= 0.3 is 0 Å². The predicted octanol–water partition coefficient (Wildman–Crippen LogP) is 3.29. The molecule has 0 atom stereocenters. The normalized spacial score (nSPS) is 16.3. The molecule has 1 aliphatic heterocycles. The molecule has 116 valence electrons. The van der Waals surface area contributed by atoms with Crippen molar-refractivity contribution in [2.24, 2.45) is 11.8 Å². The number of nitrogens with zero attached hydrogens (tertiary/aromatic N) is 3. The average Bonchev–Trinajstić information content (AvgIpc) is 2.47. The van der Waals surface area contributed by atoms with Crippen LogP contribution in [-0.2, 0) is 0 Å². The second-order valence-corrected chi connectivity index (χ2v) is 5.92. The molecule has 0 aromatic carbocycles. The summed E-state index contributed by atoms with van der Waals surface area (Å²) in [5.41, 5.74) is 0.0990. The number of nitro groups is 1. The molecule has 6 heteroatoms. The highest BCUT2D eigenvalue weighted by atomic mass is 16.6. The number of hydrogen-bond donors (Lipinski definition) is 1. The lowest BCUT2D eigenvalue weighted by Crippen LogP contribution is -2.35. The van der Waals surface area contributed by atoms with Gasteiger partial charge in [-0.05, 0) is 31.6 Å². The highest BCUT2D eigenvalue weighted by Crippen LogP contribution is 2.29. The molecule has 0 saturated carbocycles. The molecule has 2 heterocycles. The SMILES string of the molecule is CCNc1cc([N+](=O)[O-])cc(N2CCC(C(C)C)CC2)n1. The molecule has 1 aromatic rings. The van der Waals surface area contributed by atoms with Crippen molar-refractivity contribution in [2.75, 3.05) is 29.9 Å². The molecule has 0 spiro atoms. The molecule has 2 rings (SSSR count). The molecule has 6 nitrogen and oxygen atoms in total. The largest absolute Gasteiger partial charge is 0.370 e. The van der Waals surface area contributed by atoms with Gasteiger partial charge in [0.05, 0.1) is 17.1 Å². The maximum atomic E-state index is 11.1. The summed E-state index contributed by atoms with van der Waals surface area (Å²) in [6.07, 6.45) is 2.25. The van der Waals surface area contributed by atoms with Crippen molar-refractivity contribution in [3.8, 4) is 0 Å². The average molecular weight is 292 g/mol. The lowest BCUT2D eigenvalue weighted by Gasteiger charge is -2.34. The molecule has 0 radical (unpaired) electrons. The van der Waals surface area contributed by atoms with E-state index in [1.54, 1.807) is 6.07 Å². The van der Waals surface area contributed by atoms with Crippen molar-refractivity contribution in [3.05, 3.63) is 22.2 Å². The van der Waals surface area contributed by atoms with Crippen molar-refractivity contribution in [3.63, 3.8) is 0 Å². The summed E-state index contributed by atoms with van der Waals surface area (Å²) in [6, 6.07) is 3.07. The Bertz CT molecular complexity index is 496. The Labute approximate surface area is 125 Å². The third kappa shape index (κ3) is 3.83. The number of aromatic nitrogens is 1. The summed E-state index contributed by atoms with van der Waals surface area (Å²) in [7, 11) is 0. The van der Waals surface area contributed by atoms with E-state index >= 15 is 0 Å². The molecule has 0 unspecified atom stereocenters. The summed E-state index contributed by atoms with van der Waals surface area (Å²) < 4.78 is 0. The summed E-state index contributed by atoms with van der Waals surface area (Å²) in [6.45, 7) is 9.01. The first-order chi connectivity index (χ1) is 10.0. The smallest absolute Gasteiger partial charge is 0.276 e. The zero-order valence-electron chi connectivity index (χ0n) is 13.0. The molecule has 0 bridgehead atoms. The maximum Gasteiger partial charge on any atom is 0.276 e. The first-order valence-electron chi connectivity index (χ1n) is 7.66. The molecular weight excluding hydrogens is 268 g/mol. The predicted molar refractivity (Wildman–Crippen MR) is 84.8 cm³/mol. The van der Waals surface area contributed by atoms with Gasteiger partial charge in [-0.1, -0.05) is 13.8 Å². The molecule has 0 amide bonds. The Morgan fingerprint density at radius 3 is 2.62 bits per heavy atom. The highest BCUT2D eigenvalue weighted by molar-refractivity contribution is 5.56. The van der Waals surface area contributed by atoms with Gasteiger partial charge in [0.2, 0.25) is 0 Å². The fourth-order valence-corrected chi connectivity index (χ4v) is 2.84. The number of hydrogen-bond acceptors (Lipinski definition) is 5. The van der Waals surface area contributed by atoms with Crippen LogP contribution >= 0.6 is 0 Å². The van der Waals surface area contributed by atoms with E-state index in [9.17, 15) is 10.1 Å². The Morgan fingerprint density at radius 1 is 1.43 bits per heavy atom. The van der Waals surface area contributed by atoms with Crippen molar-refractivity contribution in [2.45, 2.75) is 33.6 Å². The lowest BCUT2D eigenvalue weighted by molar-refractivity contribution is -0.384. The molecule has 1 N–H and O–H groups in total. The van der Waals surface area contributed by atoms with Crippen molar-refractivity contribution in [1.29, 1.82) is 0 Å². The minimum absolute atomic E-state index is 0.0990. The zero-order valence-corrected chi connectivity index (χ0v) is 13.0. The minimum Gasteiger partial charge on any atom is -0.370 e. The number of anilines is 2. The van der Waals surface area contributed by atoms with Gasteiger partial charge in [0, 0.05) is 19.6 Å². The second-order valence-electron chi connectivity index (χ2n) is 5.92. The Morgan fingerprint density at radius 2 is 2.10 bits per heavy atom. The maximum absolute atomic E-state index is 11.1. The van der Waals surface area contributed by atoms with Gasteiger partial charge in [0.25, 0.3) is 5.69 Å². The fraction of sp³-hybridized carbons (Fsp3) is 0.667. The van der Waals surface area contributed by atoms with Crippen molar-refractivity contribution >= 4 is 17.3 Å². The number of rotatable bonds is 5. The molecule has 1 aromatic heterocycles. The topological polar surface area (TPSA) is 71.3 Å². The third-order valence-electron chi connectivity index (χ3n) is 4.17. The van der Waals surface area contributed by atoms with E-state index in [0.717, 1.165) is 31.8 Å². The van der Waals surface area contributed by atoms with E-state index in [2.05, 4.69) is 29.0 Å². The van der Waals surface area contributed by atoms with Gasteiger partial charge < -0.3 is 10.2 Å². The monoisotopic (exact) mass is 292 g/mol. The Hall–Kier alpha value is -1.85. The minimum atomic E-state index is -0.354. The van der Waals surface area contributed by atoms with Crippen LogP contribution in [0, 0.1) is 22.0 Å². The van der Waals surface area contributed by atoms with Crippen LogP contribution in [-0.4, -0.2) is 29.5 Å². The zero-order chi connectivity index (χ0) is 15.4. The fourth-order valence-electron chi connectivity index (χ4n) is 2.84. The summed E-state index contributed by atoms with van der Waals surface area (Å²) >= 11 is 0. The number of piperidine rings is 1. The Kier molecular flexibility index (Phi) is 4.98. The molecule has 21 heavy (non-hydrogen) atoms. The number of pyridine rings is 1. The molecule has 0 aliphatic carbocycles. The van der Waals surface area contributed by atoms with Gasteiger partial charge in [-0.2, -0.15) is 0 Å². The molecule has 1 saturated heterocycles. The van der Waals surface area contributed by atoms with E-state index in [-0.39, 0.29) is 10.6 Å². The molecule has 1 aliphatic rings. The van der Waals surface area contributed by atoms with E-state index in [4.69, 9.17) is 0 Å². The van der Waals surface area contributed by atoms with Crippen LogP contribution in [0.25, 0.3) is 0 Å². The van der Waals surface area contributed by atoms with Gasteiger partial charge in [-0.25, -0.2) is 4.98 Å². The van der Waals surface area contributed by atoms with Crippen molar-refractivity contribution in [1.82, 2.24) is 4.98 Å². The van der Waals surface area contributed by atoms with E-state index in [1.807, 2.05) is 6.92 Å². The summed E-state index contributed by atoms with van der Waals surface area (Å²) in [5.74, 6) is 2.73. The van der Waals surface area contributed by atoms with Gasteiger partial charge in [-0.15, -0.1) is 0 Å². The second kappa shape index (κ2) is 6.74. The molecule has 1 fully saturated rings. The van der Waals surface area contributed by atoms with Crippen LogP contribution in [0.5, 0.6) is 0 Å². The van der Waals surface area contributed by atoms with Gasteiger partial charge in [0.1, 0.15) is 11.6 Å². The van der Waals surface area contributed by atoms with Crippen molar-refractivity contribution < 1.29 is 4.92 Å². The van der Waals surface area contributed by atoms with Crippen LogP contribution in [0.3, 0.4) is 0 Å². The van der Waals surface area contributed by atoms with Crippen LogP contribution in [0.2, 0.25) is 0 Å². The quantitative estimate of drug-likeness (QED) is 0.666. The lowest BCUT2D eigenvalue weighted by atomic mass is 9.87. The van der Waals surface area contributed by atoms with Crippen LogP contribution in [0.15, 0.2) is 12.1 Å². The van der Waals surface area contributed by atoms with Crippen LogP contribution in [0.4, 0.5) is 17.3 Å². The Balaban J connectivity index is 2.17. The number of nitrogens with one attached hydrogen (secondary N) is 1. The van der Waals surface area contributed by atoms with Crippen LogP contribution in [0.1, 0.15) is 33.6 Å². The van der Waals surface area contributed by atoms with Gasteiger partial charge in [0.15, 0.2) is 0 Å². The summed E-state index contributed by atoms with van der Waals surface area (Å²) in [5, 5.41) is 14.1. The first-order valence-corrected chi connectivity index (χ1v) is 7.66. The first kappa shape index (κ1) is 15.5. The summed E-state index contributed by atoms with van der Waals surface area (Å²) in [4.78, 5) is 17.4. The standard InChI is InChI=1S/C15H24N4O2/c1-4-16-14-9-13(19(20)21)10-15(17-14)18-7-5-12(6-8-18)11(2)3/h9-12H,4-8H2,1-3H3,(H,16,17). The van der Waals surface area contributed by atoms with E-state index in [0.29, 0.717) is 24.1 Å². The van der Waals surface area contributed by atoms with E-state index in [1.165, 1.54) is 6.07 Å². The third-order valence-corrected chi connectivity index (χ3v) is 4.17. The van der Waals surface area contributed by atoms with E-state index < -0.39 is 0 Å². The van der Waals surface area contributed by atoms with Crippen LogP contribution < -0.4 is 10.2 Å². The molecular formula is C15H24N4O2. The van der Waals surface area contributed by atoms with Gasteiger partial charge in [-0.3, -0.25) is 10.1 Å². The highest BCUT2D eigenvalue weighted by Gasteiger charge is 2.24.